The molecule has 0 spiro atoms. The first-order chi connectivity index (χ1) is 14.2. The van der Waals surface area contributed by atoms with E-state index < -0.39 is 30.2 Å². The smallest absolute Gasteiger partial charge is 0.325 e. The van der Waals surface area contributed by atoms with Gasteiger partial charge in [-0.25, -0.2) is 4.79 Å². The lowest BCUT2D eigenvalue weighted by atomic mass is 10.1. The van der Waals surface area contributed by atoms with Crippen molar-refractivity contribution in [1.29, 1.82) is 0 Å². The Hall–Kier alpha value is -2.81. The highest BCUT2D eigenvalue weighted by Crippen LogP contribution is 2.22. The van der Waals surface area contributed by atoms with Gasteiger partial charge in [-0.1, -0.05) is 19.9 Å². The van der Waals surface area contributed by atoms with Gasteiger partial charge < -0.3 is 25.0 Å². The monoisotopic (exact) mass is 417 g/mol. The SMILES string of the molecule is Cc1ccc(OCC(O)CN2C(=NCC(C)C)NC3C2C(=O)NC(=O)N3C)cc1C. The number of urea groups is 1. The third-order valence-electron chi connectivity index (χ3n) is 5.35. The molecule has 0 radical (unpaired) electrons. The summed E-state index contributed by atoms with van der Waals surface area (Å²) in [5.74, 6) is 1.10. The zero-order chi connectivity index (χ0) is 22.0. The second-order valence-corrected chi connectivity index (χ2v) is 8.36. The number of carbonyl (C=O) groups is 2. The number of hydrogen-bond donors (Lipinski definition) is 3. The fraction of sp³-hybridized carbons (Fsp3) is 0.571. The number of hydrogen-bond acceptors (Lipinski definition) is 5. The van der Waals surface area contributed by atoms with Gasteiger partial charge in [0.2, 0.25) is 0 Å². The lowest BCUT2D eigenvalue weighted by Crippen LogP contribution is -2.65. The van der Waals surface area contributed by atoms with Gasteiger partial charge in [-0.3, -0.25) is 15.1 Å². The molecule has 2 aliphatic heterocycles. The first-order valence-electron chi connectivity index (χ1n) is 10.2. The van der Waals surface area contributed by atoms with Crippen molar-refractivity contribution in [2.24, 2.45) is 10.9 Å². The molecule has 3 unspecified atom stereocenters. The maximum Gasteiger partial charge on any atom is 0.325 e. The Balaban J connectivity index is 1.72. The molecule has 164 valence electrons. The number of rotatable bonds is 7. The number of aliphatic hydroxyl groups excluding tert-OH is 1. The zero-order valence-electron chi connectivity index (χ0n) is 18.2. The number of imide groups is 1. The van der Waals surface area contributed by atoms with E-state index in [9.17, 15) is 14.7 Å². The minimum absolute atomic E-state index is 0.0736. The number of guanidine groups is 1. The van der Waals surface area contributed by atoms with E-state index >= 15 is 0 Å². The van der Waals surface area contributed by atoms with Crippen molar-refractivity contribution in [3.05, 3.63) is 29.3 Å². The molecule has 2 fully saturated rings. The van der Waals surface area contributed by atoms with Gasteiger partial charge in [0.1, 0.15) is 24.6 Å². The normalized spacial score (nSPS) is 23.5. The Kier molecular flexibility index (Phi) is 6.50. The summed E-state index contributed by atoms with van der Waals surface area (Å²) in [4.78, 5) is 32.3. The van der Waals surface area contributed by atoms with Gasteiger partial charge >= 0.3 is 6.03 Å². The molecule has 0 bridgehead atoms. The van der Waals surface area contributed by atoms with Crippen molar-refractivity contribution < 1.29 is 19.4 Å². The molecule has 30 heavy (non-hydrogen) atoms. The number of amides is 3. The number of likely N-dealkylation sites (N-methyl/N-ethyl adjacent to an activating group) is 1. The molecular formula is C21H31N5O4. The van der Waals surface area contributed by atoms with Crippen molar-refractivity contribution in [2.45, 2.75) is 46.0 Å². The van der Waals surface area contributed by atoms with Crippen LogP contribution < -0.4 is 15.4 Å². The minimum Gasteiger partial charge on any atom is -0.491 e. The Morgan fingerprint density at radius 2 is 1.97 bits per heavy atom. The molecule has 9 heteroatoms. The van der Waals surface area contributed by atoms with Crippen LogP contribution in [-0.4, -0.2) is 77.9 Å². The van der Waals surface area contributed by atoms with E-state index in [1.165, 1.54) is 10.5 Å². The highest BCUT2D eigenvalue weighted by molar-refractivity contribution is 6.04. The van der Waals surface area contributed by atoms with Crippen LogP contribution in [0.1, 0.15) is 25.0 Å². The second-order valence-electron chi connectivity index (χ2n) is 8.36. The van der Waals surface area contributed by atoms with Gasteiger partial charge in [0.05, 0.1) is 6.54 Å². The van der Waals surface area contributed by atoms with Crippen molar-refractivity contribution in [1.82, 2.24) is 20.4 Å². The third kappa shape index (κ3) is 4.67. The van der Waals surface area contributed by atoms with E-state index in [-0.39, 0.29) is 13.2 Å². The molecule has 2 aliphatic rings. The maximum absolute atomic E-state index is 12.5. The van der Waals surface area contributed by atoms with Crippen LogP contribution in [0, 0.1) is 19.8 Å². The molecule has 0 aromatic heterocycles. The van der Waals surface area contributed by atoms with E-state index in [0.29, 0.717) is 24.2 Å². The summed E-state index contributed by atoms with van der Waals surface area (Å²) in [5, 5.41) is 16.1. The standard InChI is InChI=1S/C21H31N5O4/c1-12(2)9-22-20-23-18-17(19(28)24-21(29)25(18)5)26(20)10-15(27)11-30-16-7-6-13(3)14(4)8-16/h6-8,12,15,17-18,27H,9-11H2,1-5H3,(H,22,23)(H,24,28,29). The number of carbonyl (C=O) groups excluding carboxylic acids is 2. The van der Waals surface area contributed by atoms with Crippen molar-refractivity contribution in [3.8, 4) is 5.75 Å². The number of nitrogens with zero attached hydrogens (tertiary/aromatic N) is 3. The van der Waals surface area contributed by atoms with Crippen LogP contribution in [0.3, 0.4) is 0 Å². The molecule has 2 heterocycles. The number of aryl methyl sites for hydroxylation is 2. The average Bonchev–Trinajstić information content (AvgIpc) is 3.04. The number of benzene rings is 1. The largest absolute Gasteiger partial charge is 0.491 e. The van der Waals surface area contributed by atoms with Gasteiger partial charge in [-0.15, -0.1) is 0 Å². The van der Waals surface area contributed by atoms with E-state index in [2.05, 4.69) is 15.6 Å². The quantitative estimate of drug-likeness (QED) is 0.607. The molecule has 3 rings (SSSR count). The van der Waals surface area contributed by atoms with Crippen molar-refractivity contribution >= 4 is 17.9 Å². The van der Waals surface area contributed by atoms with E-state index in [4.69, 9.17) is 4.74 Å². The summed E-state index contributed by atoms with van der Waals surface area (Å²) in [6, 6.07) is 4.64. The first kappa shape index (κ1) is 21.9. The average molecular weight is 418 g/mol. The topological polar surface area (TPSA) is 106 Å². The maximum atomic E-state index is 12.5. The zero-order valence-corrected chi connectivity index (χ0v) is 18.2. The summed E-state index contributed by atoms with van der Waals surface area (Å²) < 4.78 is 5.75. The van der Waals surface area contributed by atoms with Crippen LogP contribution in [0.4, 0.5) is 4.79 Å². The Morgan fingerprint density at radius 3 is 2.63 bits per heavy atom. The van der Waals surface area contributed by atoms with Gasteiger partial charge in [0, 0.05) is 13.6 Å². The summed E-state index contributed by atoms with van der Waals surface area (Å²) in [5.41, 5.74) is 2.29. The number of aliphatic imine (C=N–C) groups is 1. The Labute approximate surface area is 177 Å². The molecule has 1 aromatic carbocycles. The van der Waals surface area contributed by atoms with Gasteiger partial charge in [-0.2, -0.15) is 0 Å². The lowest BCUT2D eigenvalue weighted by Gasteiger charge is -2.35. The third-order valence-corrected chi connectivity index (χ3v) is 5.35. The molecule has 1 aromatic rings. The lowest BCUT2D eigenvalue weighted by molar-refractivity contribution is -0.127. The highest BCUT2D eigenvalue weighted by Gasteiger charge is 2.50. The number of β-amino-alcohol motifs (C(OH)–C–C–N with tert-alkyl or cyclic N) is 1. The molecule has 0 aliphatic carbocycles. The number of fused-ring (bicyclic) bond motifs is 1. The summed E-state index contributed by atoms with van der Waals surface area (Å²) >= 11 is 0. The predicted octanol–water partition coefficient (Wildman–Crippen LogP) is 0.837. The molecule has 2 saturated heterocycles. The second kappa shape index (κ2) is 8.91. The fourth-order valence-corrected chi connectivity index (χ4v) is 3.47. The molecular weight excluding hydrogens is 386 g/mol. The number of ether oxygens (including phenoxy) is 1. The Bertz CT molecular complexity index is 841. The predicted molar refractivity (Wildman–Crippen MR) is 113 cm³/mol. The molecule has 9 nitrogen and oxygen atoms in total. The van der Waals surface area contributed by atoms with Crippen LogP contribution in [0.25, 0.3) is 0 Å². The van der Waals surface area contributed by atoms with Crippen LogP contribution in [0.15, 0.2) is 23.2 Å². The van der Waals surface area contributed by atoms with Gasteiger partial charge in [0.25, 0.3) is 5.91 Å². The number of nitrogens with one attached hydrogen (secondary N) is 2. The highest BCUT2D eigenvalue weighted by atomic mass is 16.5. The first-order valence-corrected chi connectivity index (χ1v) is 10.2. The molecule has 0 saturated carbocycles. The van der Waals surface area contributed by atoms with Crippen LogP contribution >= 0.6 is 0 Å². The minimum atomic E-state index is -0.854. The molecule has 3 amide bonds. The van der Waals surface area contributed by atoms with Crippen molar-refractivity contribution in [2.75, 3.05) is 26.7 Å². The van der Waals surface area contributed by atoms with Crippen LogP contribution in [0.2, 0.25) is 0 Å². The van der Waals surface area contributed by atoms with E-state index in [1.807, 2.05) is 45.9 Å². The van der Waals surface area contributed by atoms with Gasteiger partial charge in [0.15, 0.2) is 12.0 Å². The molecule has 3 N–H and O–H groups in total. The van der Waals surface area contributed by atoms with E-state index in [1.54, 1.807) is 11.9 Å². The Morgan fingerprint density at radius 1 is 1.23 bits per heavy atom. The van der Waals surface area contributed by atoms with E-state index in [0.717, 1.165) is 5.56 Å². The summed E-state index contributed by atoms with van der Waals surface area (Å²) in [7, 11) is 1.62. The van der Waals surface area contributed by atoms with Crippen molar-refractivity contribution in [3.63, 3.8) is 0 Å². The fourth-order valence-electron chi connectivity index (χ4n) is 3.47. The van der Waals surface area contributed by atoms with Crippen LogP contribution in [-0.2, 0) is 4.79 Å². The summed E-state index contributed by atoms with van der Waals surface area (Å²) in [6.45, 7) is 8.91. The van der Waals surface area contributed by atoms with Crippen LogP contribution in [0.5, 0.6) is 5.75 Å². The summed E-state index contributed by atoms with van der Waals surface area (Å²) in [6.07, 6.45) is -1.39. The number of aliphatic hydroxyl groups is 1. The molecule has 3 atom stereocenters. The van der Waals surface area contributed by atoms with Gasteiger partial charge in [-0.05, 0) is 43.0 Å².